The standard InChI is InChI=1S/C24H29F4N5O6/c1-11(2)7-15(32(4)19(35)12(3)30-22(38)24(26,27)28)20(36)33-10-23(9-16(33)18(29)34)21(37)31-14-8-13(25)5-6-17(14)39-23/h5-6,8,11-12,15-16H,7,9-10H2,1-4H3,(H2,29,34)(H,30,38)(H,31,37)/t12-,15-,16?,23+/m0/s1. The average Bonchev–Trinajstić information content (AvgIpc) is 3.22. The van der Waals surface area contributed by atoms with Crippen molar-refractivity contribution in [3.63, 3.8) is 0 Å². The van der Waals surface area contributed by atoms with Crippen molar-refractivity contribution in [3.8, 4) is 5.75 Å². The number of fused-ring (bicyclic) bond motifs is 1. The Morgan fingerprint density at radius 2 is 1.90 bits per heavy atom. The Balaban J connectivity index is 1.89. The number of likely N-dealkylation sites (tertiary alicyclic amines) is 1. The fraction of sp³-hybridized carbons (Fsp3) is 0.542. The first-order chi connectivity index (χ1) is 18.0. The lowest BCUT2D eigenvalue weighted by Gasteiger charge is -2.36. The SMILES string of the molecule is CC(C)C[C@@H](C(=O)N1C[C@@]2(CC1C(N)=O)Oc1ccc(F)cc1NC2=O)N(C)C(=O)[C@H](C)NC(=O)C(F)(F)F. The third-order valence-electron chi connectivity index (χ3n) is 6.62. The molecule has 1 spiro atoms. The van der Waals surface area contributed by atoms with E-state index in [4.69, 9.17) is 10.5 Å². The van der Waals surface area contributed by atoms with E-state index < -0.39 is 71.8 Å². The highest BCUT2D eigenvalue weighted by atomic mass is 19.4. The van der Waals surface area contributed by atoms with Crippen molar-refractivity contribution >= 4 is 35.2 Å². The molecule has 4 atom stereocenters. The predicted octanol–water partition coefficient (Wildman–Crippen LogP) is 0.922. The van der Waals surface area contributed by atoms with Crippen LogP contribution in [-0.2, 0) is 24.0 Å². The molecule has 1 aromatic rings. The highest BCUT2D eigenvalue weighted by molar-refractivity contribution is 6.03. The summed E-state index contributed by atoms with van der Waals surface area (Å²) in [6, 6.07) is -0.820. The van der Waals surface area contributed by atoms with Gasteiger partial charge in [0.2, 0.25) is 23.3 Å². The van der Waals surface area contributed by atoms with Crippen molar-refractivity contribution in [1.82, 2.24) is 15.1 Å². The van der Waals surface area contributed by atoms with Gasteiger partial charge in [0.1, 0.15) is 29.7 Å². The molecule has 1 fully saturated rings. The average molecular weight is 560 g/mol. The maximum atomic E-state index is 13.8. The molecular formula is C24H29F4N5O6. The zero-order chi connectivity index (χ0) is 29.4. The van der Waals surface area contributed by atoms with E-state index in [0.717, 1.165) is 28.9 Å². The molecule has 4 N–H and O–H groups in total. The van der Waals surface area contributed by atoms with Crippen LogP contribution in [0.2, 0.25) is 0 Å². The van der Waals surface area contributed by atoms with E-state index in [1.54, 1.807) is 19.2 Å². The lowest BCUT2D eigenvalue weighted by atomic mass is 9.96. The lowest BCUT2D eigenvalue weighted by Crippen LogP contribution is -2.58. The summed E-state index contributed by atoms with van der Waals surface area (Å²) < 4.78 is 57.5. The molecule has 2 heterocycles. The Labute approximate surface area is 221 Å². The molecule has 0 saturated carbocycles. The molecule has 11 nitrogen and oxygen atoms in total. The number of benzene rings is 1. The molecule has 15 heteroatoms. The van der Waals surface area contributed by atoms with Crippen molar-refractivity contribution in [1.29, 1.82) is 0 Å². The molecule has 0 radical (unpaired) electrons. The number of nitrogens with two attached hydrogens (primary N) is 1. The molecule has 214 valence electrons. The van der Waals surface area contributed by atoms with E-state index in [-0.39, 0.29) is 30.2 Å². The number of amides is 5. The van der Waals surface area contributed by atoms with E-state index in [2.05, 4.69) is 5.32 Å². The summed E-state index contributed by atoms with van der Waals surface area (Å²) in [6.07, 6.45) is -5.52. The number of anilines is 1. The molecule has 0 aliphatic carbocycles. The number of likely N-dealkylation sites (N-methyl/N-ethyl adjacent to an activating group) is 1. The van der Waals surface area contributed by atoms with Crippen molar-refractivity contribution in [2.45, 2.75) is 63.5 Å². The summed E-state index contributed by atoms with van der Waals surface area (Å²) in [5.41, 5.74) is 3.86. The van der Waals surface area contributed by atoms with Gasteiger partial charge in [-0.25, -0.2) is 4.39 Å². The Morgan fingerprint density at radius 3 is 2.46 bits per heavy atom. The number of carbonyl (C=O) groups is 5. The van der Waals surface area contributed by atoms with Crippen LogP contribution in [0.15, 0.2) is 18.2 Å². The van der Waals surface area contributed by atoms with Gasteiger partial charge < -0.3 is 30.9 Å². The molecule has 1 aromatic carbocycles. The lowest BCUT2D eigenvalue weighted by molar-refractivity contribution is -0.175. The van der Waals surface area contributed by atoms with Gasteiger partial charge in [-0.15, -0.1) is 0 Å². The molecule has 1 unspecified atom stereocenters. The fourth-order valence-corrected chi connectivity index (χ4v) is 4.64. The van der Waals surface area contributed by atoms with Gasteiger partial charge in [0.25, 0.3) is 5.91 Å². The van der Waals surface area contributed by atoms with Gasteiger partial charge in [-0.05, 0) is 31.4 Å². The number of primary amides is 1. The summed E-state index contributed by atoms with van der Waals surface area (Å²) in [7, 11) is 1.18. The molecule has 3 rings (SSSR count). The molecule has 39 heavy (non-hydrogen) atoms. The van der Waals surface area contributed by atoms with E-state index >= 15 is 0 Å². The second-order valence-corrected chi connectivity index (χ2v) is 10.1. The van der Waals surface area contributed by atoms with E-state index in [1.165, 1.54) is 13.1 Å². The van der Waals surface area contributed by atoms with Crippen LogP contribution >= 0.6 is 0 Å². The first kappa shape index (κ1) is 29.6. The quantitative estimate of drug-likeness (QED) is 0.423. The van der Waals surface area contributed by atoms with Crippen LogP contribution in [0.4, 0.5) is 23.2 Å². The number of carbonyl (C=O) groups excluding carboxylic acids is 5. The second kappa shape index (κ2) is 10.7. The van der Waals surface area contributed by atoms with E-state index in [9.17, 15) is 41.5 Å². The molecule has 0 bridgehead atoms. The molecule has 2 aliphatic rings. The Kier molecular flexibility index (Phi) is 8.13. The normalized spacial score (nSPS) is 22.0. The van der Waals surface area contributed by atoms with Gasteiger partial charge in [-0.3, -0.25) is 24.0 Å². The summed E-state index contributed by atoms with van der Waals surface area (Å²) in [5, 5.41) is 4.07. The van der Waals surface area contributed by atoms with E-state index in [1.807, 2.05) is 0 Å². The van der Waals surface area contributed by atoms with Crippen LogP contribution in [0.25, 0.3) is 0 Å². The molecule has 1 saturated heterocycles. The number of hydrogen-bond acceptors (Lipinski definition) is 6. The fourth-order valence-electron chi connectivity index (χ4n) is 4.64. The Hall–Kier alpha value is -3.91. The van der Waals surface area contributed by atoms with Crippen LogP contribution in [0.5, 0.6) is 5.75 Å². The van der Waals surface area contributed by atoms with Crippen molar-refractivity contribution in [2.24, 2.45) is 11.7 Å². The monoisotopic (exact) mass is 559 g/mol. The molecule has 2 aliphatic heterocycles. The maximum absolute atomic E-state index is 13.8. The van der Waals surface area contributed by atoms with Crippen LogP contribution < -0.4 is 21.1 Å². The molecular weight excluding hydrogens is 530 g/mol. The van der Waals surface area contributed by atoms with E-state index in [0.29, 0.717) is 0 Å². The van der Waals surface area contributed by atoms with Gasteiger partial charge in [-0.2, -0.15) is 13.2 Å². The minimum absolute atomic E-state index is 0.0329. The number of hydrogen-bond donors (Lipinski definition) is 3. The number of rotatable bonds is 7. The van der Waals surface area contributed by atoms with Gasteiger partial charge in [0, 0.05) is 19.5 Å². The largest absolute Gasteiger partial charge is 0.473 e. The predicted molar refractivity (Wildman–Crippen MR) is 127 cm³/mol. The third-order valence-corrected chi connectivity index (χ3v) is 6.62. The second-order valence-electron chi connectivity index (χ2n) is 10.1. The first-order valence-corrected chi connectivity index (χ1v) is 12.0. The van der Waals surface area contributed by atoms with Crippen LogP contribution in [0.1, 0.15) is 33.6 Å². The van der Waals surface area contributed by atoms with Crippen molar-refractivity contribution in [3.05, 3.63) is 24.0 Å². The van der Waals surface area contributed by atoms with Crippen LogP contribution in [0.3, 0.4) is 0 Å². The number of halogens is 4. The zero-order valence-corrected chi connectivity index (χ0v) is 21.6. The molecule has 0 aromatic heterocycles. The van der Waals surface area contributed by atoms with Gasteiger partial charge in [0.05, 0.1) is 12.2 Å². The highest BCUT2D eigenvalue weighted by Crippen LogP contribution is 2.41. The zero-order valence-electron chi connectivity index (χ0n) is 21.6. The summed E-state index contributed by atoms with van der Waals surface area (Å²) in [5.74, 6) is -6.52. The number of ether oxygens (including phenoxy) is 1. The Bertz CT molecular complexity index is 1190. The van der Waals surface area contributed by atoms with Crippen molar-refractivity contribution < 1.29 is 46.3 Å². The van der Waals surface area contributed by atoms with Crippen LogP contribution in [0, 0.1) is 11.7 Å². The Morgan fingerprint density at radius 1 is 1.26 bits per heavy atom. The minimum Gasteiger partial charge on any atom is -0.473 e. The summed E-state index contributed by atoms with van der Waals surface area (Å²) in [6.45, 7) is 4.06. The maximum Gasteiger partial charge on any atom is 0.471 e. The van der Waals surface area contributed by atoms with Gasteiger partial charge >= 0.3 is 12.1 Å². The topological polar surface area (TPSA) is 151 Å². The molecule has 5 amide bonds. The van der Waals surface area contributed by atoms with Crippen molar-refractivity contribution in [2.75, 3.05) is 18.9 Å². The number of alkyl halides is 3. The summed E-state index contributed by atoms with van der Waals surface area (Å²) in [4.78, 5) is 65.4. The summed E-state index contributed by atoms with van der Waals surface area (Å²) >= 11 is 0. The van der Waals surface area contributed by atoms with Gasteiger partial charge in [-0.1, -0.05) is 13.8 Å². The van der Waals surface area contributed by atoms with Gasteiger partial charge in [0.15, 0.2) is 0 Å². The highest BCUT2D eigenvalue weighted by Gasteiger charge is 2.57. The number of nitrogens with zero attached hydrogens (tertiary/aromatic N) is 2. The number of nitrogens with one attached hydrogen (secondary N) is 2. The third kappa shape index (κ3) is 6.06. The minimum atomic E-state index is -5.22. The smallest absolute Gasteiger partial charge is 0.471 e. The first-order valence-electron chi connectivity index (χ1n) is 12.0. The van der Waals surface area contributed by atoms with Crippen LogP contribution in [-0.4, -0.2) is 82.8 Å².